The maximum absolute atomic E-state index is 12.4. The summed E-state index contributed by atoms with van der Waals surface area (Å²) in [5.74, 6) is -1.05. The molecule has 0 radical (unpaired) electrons. The number of nitrogens with one attached hydrogen (secondary N) is 1. The van der Waals surface area contributed by atoms with Crippen molar-refractivity contribution >= 4 is 17.6 Å². The molecular formula is C19H21NO3. The third-order valence-electron chi connectivity index (χ3n) is 3.89. The van der Waals surface area contributed by atoms with E-state index in [-0.39, 0.29) is 11.5 Å². The Morgan fingerprint density at radius 1 is 1.00 bits per heavy atom. The Morgan fingerprint density at radius 2 is 1.61 bits per heavy atom. The molecule has 2 N–H and O–H groups in total. The number of rotatable bonds is 6. The lowest BCUT2D eigenvalue weighted by Crippen LogP contribution is -2.31. The molecule has 23 heavy (non-hydrogen) atoms. The monoisotopic (exact) mass is 311 g/mol. The summed E-state index contributed by atoms with van der Waals surface area (Å²) in [6.45, 7) is 3.83. The molecule has 0 unspecified atom stereocenters. The number of hydrogen-bond acceptors (Lipinski definition) is 2. The van der Waals surface area contributed by atoms with E-state index in [4.69, 9.17) is 5.11 Å². The van der Waals surface area contributed by atoms with Crippen molar-refractivity contribution in [1.29, 1.82) is 0 Å². The van der Waals surface area contributed by atoms with Gasteiger partial charge in [-0.05, 0) is 42.7 Å². The largest absolute Gasteiger partial charge is 0.478 e. The molecule has 0 saturated heterocycles. The number of carbonyl (C=O) groups is 2. The Balaban J connectivity index is 1.96. The first kappa shape index (κ1) is 16.7. The van der Waals surface area contributed by atoms with Gasteiger partial charge in [0.2, 0.25) is 5.91 Å². The standard InChI is InChI=1S/C19H21NO3/c1-19(2,13-12-14-6-4-3-5-7-14)18(23)20-16-10-8-15(9-11-16)17(21)22/h3-11H,12-13H2,1-2H3,(H,20,23)(H,21,22). The van der Waals surface area contributed by atoms with Crippen LogP contribution in [-0.4, -0.2) is 17.0 Å². The van der Waals surface area contributed by atoms with Crippen molar-refractivity contribution in [2.45, 2.75) is 26.7 Å². The third-order valence-corrected chi connectivity index (χ3v) is 3.89. The minimum atomic E-state index is -0.980. The molecule has 2 rings (SSSR count). The van der Waals surface area contributed by atoms with E-state index in [2.05, 4.69) is 17.4 Å². The Labute approximate surface area is 136 Å². The number of carbonyl (C=O) groups excluding carboxylic acids is 1. The SMILES string of the molecule is CC(C)(CCc1ccccc1)C(=O)Nc1ccc(C(=O)O)cc1. The average Bonchev–Trinajstić information content (AvgIpc) is 2.54. The van der Waals surface area contributed by atoms with Gasteiger partial charge in [0.25, 0.3) is 0 Å². The predicted octanol–water partition coefficient (Wildman–Crippen LogP) is 3.98. The van der Waals surface area contributed by atoms with Gasteiger partial charge in [-0.25, -0.2) is 4.79 Å². The number of amides is 1. The summed E-state index contributed by atoms with van der Waals surface area (Å²) in [7, 11) is 0. The van der Waals surface area contributed by atoms with E-state index >= 15 is 0 Å². The number of hydrogen-bond donors (Lipinski definition) is 2. The minimum absolute atomic E-state index is 0.0727. The fourth-order valence-electron chi connectivity index (χ4n) is 2.21. The second-order valence-electron chi connectivity index (χ2n) is 6.21. The second-order valence-corrected chi connectivity index (χ2v) is 6.21. The van der Waals surface area contributed by atoms with E-state index in [9.17, 15) is 9.59 Å². The summed E-state index contributed by atoms with van der Waals surface area (Å²) in [6.07, 6.45) is 1.56. The molecule has 1 amide bonds. The molecule has 2 aromatic rings. The van der Waals surface area contributed by atoms with Crippen LogP contribution in [0.5, 0.6) is 0 Å². The second kappa shape index (κ2) is 7.09. The van der Waals surface area contributed by atoms with Crippen molar-refractivity contribution in [2.75, 3.05) is 5.32 Å². The molecule has 0 bridgehead atoms. The highest BCUT2D eigenvalue weighted by Gasteiger charge is 2.27. The molecule has 0 spiro atoms. The molecule has 0 aliphatic carbocycles. The fourth-order valence-corrected chi connectivity index (χ4v) is 2.21. The Bertz CT molecular complexity index is 676. The summed E-state index contributed by atoms with van der Waals surface area (Å²) in [5, 5.41) is 11.7. The highest BCUT2D eigenvalue weighted by molar-refractivity contribution is 5.95. The van der Waals surface area contributed by atoms with E-state index in [1.807, 2.05) is 32.0 Å². The molecule has 4 nitrogen and oxygen atoms in total. The summed E-state index contributed by atoms with van der Waals surface area (Å²) in [6, 6.07) is 16.2. The molecule has 0 aromatic heterocycles. The topological polar surface area (TPSA) is 66.4 Å². The van der Waals surface area contributed by atoms with Crippen molar-refractivity contribution in [2.24, 2.45) is 5.41 Å². The smallest absolute Gasteiger partial charge is 0.335 e. The van der Waals surface area contributed by atoms with Gasteiger partial charge in [-0.3, -0.25) is 4.79 Å². The van der Waals surface area contributed by atoms with Crippen LogP contribution in [0.3, 0.4) is 0 Å². The van der Waals surface area contributed by atoms with Crippen molar-refractivity contribution in [3.8, 4) is 0 Å². The molecule has 0 fully saturated rings. The van der Waals surface area contributed by atoms with Gasteiger partial charge in [0.05, 0.1) is 5.56 Å². The van der Waals surface area contributed by atoms with Gasteiger partial charge in [0, 0.05) is 11.1 Å². The predicted molar refractivity (Wildman–Crippen MR) is 90.6 cm³/mol. The summed E-state index contributed by atoms with van der Waals surface area (Å²) in [5.41, 5.74) is 1.50. The summed E-state index contributed by atoms with van der Waals surface area (Å²) < 4.78 is 0. The molecule has 120 valence electrons. The number of benzene rings is 2. The maximum Gasteiger partial charge on any atom is 0.335 e. The van der Waals surface area contributed by atoms with Crippen LogP contribution in [0.1, 0.15) is 36.2 Å². The molecule has 2 aromatic carbocycles. The Hall–Kier alpha value is -2.62. The lowest BCUT2D eigenvalue weighted by Gasteiger charge is -2.23. The molecule has 0 atom stereocenters. The van der Waals surface area contributed by atoms with Crippen molar-refractivity contribution in [1.82, 2.24) is 0 Å². The van der Waals surface area contributed by atoms with Crippen LogP contribution in [-0.2, 0) is 11.2 Å². The zero-order chi connectivity index (χ0) is 16.9. The maximum atomic E-state index is 12.4. The lowest BCUT2D eigenvalue weighted by molar-refractivity contribution is -0.124. The molecular weight excluding hydrogens is 290 g/mol. The first-order valence-corrected chi connectivity index (χ1v) is 7.57. The normalized spacial score (nSPS) is 11.0. The highest BCUT2D eigenvalue weighted by Crippen LogP contribution is 2.25. The Kier molecular flexibility index (Phi) is 5.16. The molecule has 0 aliphatic rings. The highest BCUT2D eigenvalue weighted by atomic mass is 16.4. The van der Waals surface area contributed by atoms with E-state index in [0.717, 1.165) is 12.8 Å². The molecule has 4 heteroatoms. The van der Waals surface area contributed by atoms with Crippen LogP contribution in [0.25, 0.3) is 0 Å². The summed E-state index contributed by atoms with van der Waals surface area (Å²) >= 11 is 0. The number of carboxylic acid groups (broad SMARTS) is 1. The van der Waals surface area contributed by atoms with Crippen LogP contribution in [0.4, 0.5) is 5.69 Å². The first-order valence-electron chi connectivity index (χ1n) is 7.57. The minimum Gasteiger partial charge on any atom is -0.478 e. The molecule has 0 aliphatic heterocycles. The van der Waals surface area contributed by atoms with E-state index < -0.39 is 11.4 Å². The lowest BCUT2D eigenvalue weighted by atomic mass is 9.85. The van der Waals surface area contributed by atoms with Crippen molar-refractivity contribution in [3.05, 3.63) is 65.7 Å². The van der Waals surface area contributed by atoms with Gasteiger partial charge in [-0.1, -0.05) is 44.2 Å². The van der Waals surface area contributed by atoms with Crippen molar-refractivity contribution in [3.63, 3.8) is 0 Å². The number of carboxylic acids is 1. The van der Waals surface area contributed by atoms with Gasteiger partial charge in [-0.2, -0.15) is 0 Å². The molecule has 0 heterocycles. The molecule has 0 saturated carbocycles. The van der Waals surface area contributed by atoms with Crippen LogP contribution in [0.2, 0.25) is 0 Å². The van der Waals surface area contributed by atoms with Crippen LogP contribution in [0, 0.1) is 5.41 Å². The Morgan fingerprint density at radius 3 is 2.17 bits per heavy atom. The van der Waals surface area contributed by atoms with Crippen LogP contribution in [0.15, 0.2) is 54.6 Å². The van der Waals surface area contributed by atoms with Crippen LogP contribution >= 0.6 is 0 Å². The van der Waals surface area contributed by atoms with Gasteiger partial charge in [-0.15, -0.1) is 0 Å². The van der Waals surface area contributed by atoms with E-state index in [1.165, 1.54) is 17.7 Å². The van der Waals surface area contributed by atoms with Gasteiger partial charge >= 0.3 is 5.97 Å². The fraction of sp³-hybridized carbons (Fsp3) is 0.263. The van der Waals surface area contributed by atoms with E-state index in [0.29, 0.717) is 5.69 Å². The van der Waals surface area contributed by atoms with Gasteiger partial charge < -0.3 is 10.4 Å². The zero-order valence-corrected chi connectivity index (χ0v) is 13.4. The van der Waals surface area contributed by atoms with Gasteiger partial charge in [0.1, 0.15) is 0 Å². The van der Waals surface area contributed by atoms with E-state index in [1.54, 1.807) is 12.1 Å². The zero-order valence-electron chi connectivity index (χ0n) is 13.4. The number of aromatic carboxylic acids is 1. The van der Waals surface area contributed by atoms with Crippen molar-refractivity contribution < 1.29 is 14.7 Å². The summed E-state index contributed by atoms with van der Waals surface area (Å²) in [4.78, 5) is 23.3. The van der Waals surface area contributed by atoms with Crippen LogP contribution < -0.4 is 5.32 Å². The first-order chi connectivity index (χ1) is 10.9. The average molecular weight is 311 g/mol. The quantitative estimate of drug-likeness (QED) is 0.848. The number of aryl methyl sites for hydroxylation is 1. The number of anilines is 1. The van der Waals surface area contributed by atoms with Gasteiger partial charge in [0.15, 0.2) is 0 Å². The third kappa shape index (κ3) is 4.68.